The van der Waals surface area contributed by atoms with Crippen molar-refractivity contribution < 1.29 is 4.79 Å². The second-order valence-electron chi connectivity index (χ2n) is 10.9. The minimum absolute atomic E-state index is 0.559. The van der Waals surface area contributed by atoms with Crippen LogP contribution in [0.4, 0.5) is 0 Å². The van der Waals surface area contributed by atoms with Gasteiger partial charge in [-0.2, -0.15) is 0 Å². The zero-order valence-corrected chi connectivity index (χ0v) is 25.9. The van der Waals surface area contributed by atoms with Gasteiger partial charge in [0.1, 0.15) is 0 Å². The van der Waals surface area contributed by atoms with Crippen molar-refractivity contribution in [1.29, 1.82) is 0 Å². The third-order valence-electron chi connectivity index (χ3n) is 8.88. The van der Waals surface area contributed by atoms with Gasteiger partial charge in [-0.15, -0.1) is 0 Å². The molecule has 4 aliphatic heterocycles. The van der Waals surface area contributed by atoms with E-state index in [4.69, 9.17) is 15.0 Å². The molecule has 0 atom stereocenters. The van der Waals surface area contributed by atoms with Gasteiger partial charge in [-0.25, -0.2) is 15.0 Å². The van der Waals surface area contributed by atoms with Gasteiger partial charge in [-0.05, 0) is 110 Å². The van der Waals surface area contributed by atoms with Gasteiger partial charge >= 0.3 is 0 Å². The number of fused-ring (bicyclic) bond motifs is 5. The molecule has 1 aromatic heterocycles. The molecule has 0 unspecified atom stereocenters. The molecule has 0 aliphatic carbocycles. The number of aromatic nitrogens is 1. The fraction of sp³-hybridized carbons (Fsp3) is 0.371. The summed E-state index contributed by atoms with van der Waals surface area (Å²) in [6, 6.07) is 0. The zero-order chi connectivity index (χ0) is 29.6. The van der Waals surface area contributed by atoms with E-state index in [0.29, 0.717) is 5.57 Å². The lowest BCUT2D eigenvalue weighted by Gasteiger charge is -2.11. The minimum Gasteiger partial charge on any atom is -0.393 e. The van der Waals surface area contributed by atoms with Crippen LogP contribution in [0.15, 0.2) is 83.4 Å². The van der Waals surface area contributed by atoms with Crippen molar-refractivity contribution in [2.24, 2.45) is 15.0 Å². The van der Waals surface area contributed by atoms with Crippen LogP contribution in [0.2, 0.25) is 0 Å². The Hall–Kier alpha value is -4.06. The number of carbonyl (C=O) groups excluding carboxylic acids is 1. The van der Waals surface area contributed by atoms with Crippen LogP contribution in [0.25, 0.3) is 11.6 Å². The molecule has 0 aromatic carbocycles. The van der Waals surface area contributed by atoms with Crippen LogP contribution < -0.4 is 5.32 Å². The molecule has 0 spiro atoms. The van der Waals surface area contributed by atoms with Crippen molar-refractivity contribution in [3.05, 3.63) is 90.9 Å². The third-order valence-corrected chi connectivity index (χ3v) is 8.88. The zero-order valence-electron chi connectivity index (χ0n) is 25.9. The quantitative estimate of drug-likeness (QED) is 0.358. The molecule has 5 heterocycles. The van der Waals surface area contributed by atoms with E-state index < -0.39 is 0 Å². The standard InChI is InChI=1S/C35H41N5O/c1-10-22-20(7)32-26(16-36-9)34-24(12-3)18(5)28(37-34)14-31-23(11-2)21(8)33(40-31)27(17-41)35-25(13-4)19(6)29(38-35)15-30(22)39-32/h14-17,36,39H,10-13H2,1-9H3. The Bertz CT molecular complexity index is 1680. The highest BCUT2D eigenvalue weighted by Crippen LogP contribution is 2.40. The summed E-state index contributed by atoms with van der Waals surface area (Å²) in [6.07, 6.45) is 10.6. The number of aromatic amines is 1. The molecule has 1 aromatic rings. The topological polar surface area (TPSA) is 82.0 Å². The molecule has 8 bridgehead atoms. The van der Waals surface area contributed by atoms with Gasteiger partial charge < -0.3 is 10.3 Å². The predicted molar refractivity (Wildman–Crippen MR) is 172 cm³/mol. The summed E-state index contributed by atoms with van der Waals surface area (Å²) < 4.78 is 0. The number of rotatable bonds is 6. The molecule has 41 heavy (non-hydrogen) atoms. The van der Waals surface area contributed by atoms with E-state index in [-0.39, 0.29) is 0 Å². The second-order valence-corrected chi connectivity index (χ2v) is 10.9. The molecule has 6 nitrogen and oxygen atoms in total. The number of hydrogen-bond acceptors (Lipinski definition) is 5. The van der Waals surface area contributed by atoms with Crippen LogP contribution in [0.3, 0.4) is 0 Å². The Balaban J connectivity index is 1.93. The number of nitrogens with zero attached hydrogens (tertiary/aromatic N) is 3. The average molecular weight is 548 g/mol. The van der Waals surface area contributed by atoms with E-state index in [0.717, 1.165) is 111 Å². The molecule has 0 saturated heterocycles. The number of carbonyl (C=O) groups is 1. The number of aldehydes is 1. The lowest BCUT2D eigenvalue weighted by Crippen LogP contribution is -2.09. The first-order valence-electron chi connectivity index (χ1n) is 14.8. The van der Waals surface area contributed by atoms with Gasteiger partial charge in [0.2, 0.25) is 0 Å². The Morgan fingerprint density at radius 1 is 0.780 bits per heavy atom. The minimum atomic E-state index is 0.559. The fourth-order valence-corrected chi connectivity index (χ4v) is 6.63. The van der Waals surface area contributed by atoms with Crippen LogP contribution in [0, 0.1) is 6.92 Å². The van der Waals surface area contributed by atoms with Gasteiger partial charge in [-0.1, -0.05) is 27.7 Å². The van der Waals surface area contributed by atoms with E-state index in [2.05, 4.69) is 84.0 Å². The summed E-state index contributed by atoms with van der Waals surface area (Å²) in [5.74, 6) is 0. The molecule has 6 heteroatoms. The van der Waals surface area contributed by atoms with Crippen molar-refractivity contribution in [1.82, 2.24) is 10.3 Å². The molecule has 0 radical (unpaired) electrons. The number of allylic oxidation sites excluding steroid dienone is 9. The summed E-state index contributed by atoms with van der Waals surface area (Å²) in [5.41, 5.74) is 18.1. The number of hydrogen-bond donors (Lipinski definition) is 2. The van der Waals surface area contributed by atoms with Crippen LogP contribution in [0.1, 0.15) is 90.2 Å². The van der Waals surface area contributed by atoms with Crippen molar-refractivity contribution in [3.63, 3.8) is 0 Å². The van der Waals surface area contributed by atoms with Gasteiger partial charge in [0.05, 0.1) is 45.5 Å². The molecule has 0 amide bonds. The summed E-state index contributed by atoms with van der Waals surface area (Å²) in [4.78, 5) is 32.0. The lowest BCUT2D eigenvalue weighted by molar-refractivity contribution is -0.104. The fourth-order valence-electron chi connectivity index (χ4n) is 6.63. The lowest BCUT2D eigenvalue weighted by atomic mass is 9.93. The molecule has 0 saturated carbocycles. The van der Waals surface area contributed by atoms with E-state index in [1.807, 2.05) is 7.05 Å². The van der Waals surface area contributed by atoms with Crippen molar-refractivity contribution >= 4 is 35.1 Å². The Kier molecular flexibility index (Phi) is 7.69. The van der Waals surface area contributed by atoms with E-state index in [9.17, 15) is 4.79 Å². The maximum absolute atomic E-state index is 12.8. The maximum atomic E-state index is 12.8. The van der Waals surface area contributed by atoms with E-state index >= 15 is 0 Å². The molecular formula is C35H41N5O. The Labute approximate surface area is 244 Å². The van der Waals surface area contributed by atoms with Gasteiger partial charge in [0.15, 0.2) is 6.29 Å². The van der Waals surface area contributed by atoms with E-state index in [1.54, 1.807) is 0 Å². The number of H-pyrrole nitrogens is 1. The Morgan fingerprint density at radius 3 is 1.98 bits per heavy atom. The normalized spacial score (nSPS) is 19.7. The monoisotopic (exact) mass is 547 g/mol. The van der Waals surface area contributed by atoms with Crippen LogP contribution in [-0.2, 0) is 11.2 Å². The first kappa shape index (κ1) is 28.5. The molecule has 5 rings (SSSR count). The highest BCUT2D eigenvalue weighted by molar-refractivity contribution is 6.34. The van der Waals surface area contributed by atoms with Crippen LogP contribution in [-0.4, -0.2) is 35.5 Å². The number of nitrogens with one attached hydrogen (secondary N) is 2. The Morgan fingerprint density at radius 2 is 1.39 bits per heavy atom. The summed E-state index contributed by atoms with van der Waals surface area (Å²) >= 11 is 0. The highest BCUT2D eigenvalue weighted by Gasteiger charge is 2.31. The van der Waals surface area contributed by atoms with Gasteiger partial charge in [-0.3, -0.25) is 4.79 Å². The van der Waals surface area contributed by atoms with Crippen LogP contribution >= 0.6 is 0 Å². The van der Waals surface area contributed by atoms with Crippen LogP contribution in [0.5, 0.6) is 0 Å². The molecule has 4 aliphatic rings. The van der Waals surface area contributed by atoms with E-state index in [1.165, 1.54) is 16.7 Å². The van der Waals surface area contributed by atoms with Crippen molar-refractivity contribution in [3.8, 4) is 0 Å². The molecular weight excluding hydrogens is 506 g/mol. The van der Waals surface area contributed by atoms with Gasteiger partial charge in [0, 0.05) is 24.5 Å². The molecule has 2 N–H and O–H groups in total. The van der Waals surface area contributed by atoms with Crippen molar-refractivity contribution in [2.75, 3.05) is 7.05 Å². The van der Waals surface area contributed by atoms with Gasteiger partial charge in [0.25, 0.3) is 0 Å². The smallest absolute Gasteiger partial charge is 0.154 e. The highest BCUT2D eigenvalue weighted by atomic mass is 16.1. The maximum Gasteiger partial charge on any atom is 0.154 e. The third kappa shape index (κ3) is 4.41. The average Bonchev–Trinajstić information content (AvgIpc) is 3.64. The second kappa shape index (κ2) is 11.1. The first-order chi connectivity index (χ1) is 19.7. The first-order valence-corrected chi connectivity index (χ1v) is 14.8. The summed E-state index contributed by atoms with van der Waals surface area (Å²) in [5, 5.41) is 3.28. The number of aliphatic imine (C=N–C) groups is 3. The summed E-state index contributed by atoms with van der Waals surface area (Å²) in [6.45, 7) is 17.2. The molecule has 212 valence electrons. The van der Waals surface area contributed by atoms with Crippen molar-refractivity contribution in [2.45, 2.75) is 81.1 Å². The molecule has 0 fully saturated rings. The predicted octanol–water partition coefficient (Wildman–Crippen LogP) is 7.68. The SMILES string of the molecule is CCC1=C(C)C2=C(C=O)C3=NC(=Cc4[nH]c(c(C)c4CC)C(=CNC)C4=NC(=CC1=N2)C(C)=C4CC)C(C)=C3CC. The summed E-state index contributed by atoms with van der Waals surface area (Å²) in [7, 11) is 1.93. The largest absolute Gasteiger partial charge is 0.393 e.